The summed E-state index contributed by atoms with van der Waals surface area (Å²) in [6, 6.07) is 17.3. The van der Waals surface area contributed by atoms with E-state index in [0.29, 0.717) is 17.7 Å². The van der Waals surface area contributed by atoms with E-state index < -0.39 is 0 Å². The van der Waals surface area contributed by atoms with E-state index in [1.54, 1.807) is 0 Å². The number of phenolic OH excluding ortho intramolecular Hbond substituents is 1. The van der Waals surface area contributed by atoms with Crippen LogP contribution in [0.1, 0.15) is 47.9 Å². The van der Waals surface area contributed by atoms with Crippen LogP contribution in [-0.4, -0.2) is 23.1 Å². The minimum Gasteiger partial charge on any atom is -0.508 e. The predicted molar refractivity (Wildman–Crippen MR) is 99.5 cm³/mol. The molecule has 122 valence electrons. The number of rotatable bonds is 3. The largest absolute Gasteiger partial charge is 0.508 e. The summed E-state index contributed by atoms with van der Waals surface area (Å²) in [5.74, 6) is 1.06. The quantitative estimate of drug-likeness (QED) is 0.831. The highest BCUT2D eigenvalue weighted by molar-refractivity contribution is 8.93. The number of likely N-dealkylation sites (tertiary alicyclic amines) is 1. The van der Waals surface area contributed by atoms with Crippen LogP contribution in [0, 0.1) is 0 Å². The molecule has 2 aromatic carbocycles. The second kappa shape index (κ2) is 7.06. The number of fused-ring (bicyclic) bond motifs is 5. The van der Waals surface area contributed by atoms with Crippen molar-refractivity contribution < 1.29 is 5.11 Å². The zero-order valence-electron chi connectivity index (χ0n) is 13.3. The first kappa shape index (κ1) is 16.5. The molecule has 0 spiro atoms. The van der Waals surface area contributed by atoms with Crippen LogP contribution in [0.2, 0.25) is 0 Å². The van der Waals surface area contributed by atoms with Crippen molar-refractivity contribution in [1.29, 1.82) is 0 Å². The van der Waals surface area contributed by atoms with Crippen molar-refractivity contribution >= 4 is 17.0 Å². The molecular formula is C20H24BrNO. The Morgan fingerprint density at radius 3 is 2.70 bits per heavy atom. The fourth-order valence-electron chi connectivity index (χ4n) is 4.24. The lowest BCUT2D eigenvalue weighted by atomic mass is 9.96. The average molecular weight is 374 g/mol. The van der Waals surface area contributed by atoms with Gasteiger partial charge in [-0.3, -0.25) is 4.90 Å². The third-order valence-electron chi connectivity index (χ3n) is 5.35. The molecule has 4 rings (SSSR count). The van der Waals surface area contributed by atoms with Gasteiger partial charge in [0.2, 0.25) is 0 Å². The van der Waals surface area contributed by atoms with E-state index >= 15 is 0 Å². The van der Waals surface area contributed by atoms with Crippen molar-refractivity contribution in [3.63, 3.8) is 0 Å². The Labute approximate surface area is 148 Å². The minimum absolute atomic E-state index is 0. The molecule has 2 nitrogen and oxygen atoms in total. The van der Waals surface area contributed by atoms with Crippen molar-refractivity contribution in [1.82, 2.24) is 4.90 Å². The van der Waals surface area contributed by atoms with Gasteiger partial charge >= 0.3 is 0 Å². The first-order valence-electron chi connectivity index (χ1n) is 8.42. The molecule has 1 saturated heterocycles. The second-order valence-corrected chi connectivity index (χ2v) is 6.68. The smallest absolute Gasteiger partial charge is 0.115 e. The molecule has 1 aliphatic carbocycles. The SMILES string of the molecule is Br.Oc1ccc2c(c1)[C@H]1CCCN(CCc3ccccc3)[C@@H]2C1. The lowest BCUT2D eigenvalue weighted by molar-refractivity contribution is 0.209. The first-order valence-corrected chi connectivity index (χ1v) is 8.42. The highest BCUT2D eigenvalue weighted by Crippen LogP contribution is 2.48. The fourth-order valence-corrected chi connectivity index (χ4v) is 4.24. The standard InChI is InChI=1S/C20H23NO.BrH/c22-17-8-9-18-19(14-17)16-7-4-11-21(20(18)13-16)12-10-15-5-2-1-3-6-15;/h1-3,5-6,8-9,14,16,20,22H,4,7,10-13H2;1H/t16-,20+;/m0./s1. The van der Waals surface area contributed by atoms with Crippen LogP contribution < -0.4 is 0 Å². The van der Waals surface area contributed by atoms with Crippen molar-refractivity contribution in [2.45, 2.75) is 37.6 Å². The van der Waals surface area contributed by atoms with Crippen LogP contribution in [0.4, 0.5) is 0 Å². The zero-order valence-corrected chi connectivity index (χ0v) is 15.0. The summed E-state index contributed by atoms with van der Waals surface area (Å²) < 4.78 is 0. The first-order chi connectivity index (χ1) is 10.8. The number of benzene rings is 2. The van der Waals surface area contributed by atoms with Gasteiger partial charge in [0.1, 0.15) is 5.75 Å². The van der Waals surface area contributed by atoms with Gasteiger partial charge in [-0.2, -0.15) is 0 Å². The Kier molecular flexibility index (Phi) is 5.08. The number of hydrogen-bond donors (Lipinski definition) is 1. The van der Waals surface area contributed by atoms with E-state index in [1.165, 1.54) is 42.5 Å². The molecule has 0 unspecified atom stereocenters. The second-order valence-electron chi connectivity index (χ2n) is 6.68. The van der Waals surface area contributed by atoms with Gasteiger partial charge in [-0.05, 0) is 67.0 Å². The van der Waals surface area contributed by atoms with Crippen LogP contribution >= 0.6 is 17.0 Å². The van der Waals surface area contributed by atoms with Gasteiger partial charge in [0, 0.05) is 12.6 Å². The molecule has 0 aromatic heterocycles. The Hall–Kier alpha value is -1.32. The summed E-state index contributed by atoms with van der Waals surface area (Å²) in [5, 5.41) is 9.79. The van der Waals surface area contributed by atoms with Crippen molar-refractivity contribution in [2.24, 2.45) is 0 Å². The molecule has 2 aromatic rings. The lowest BCUT2D eigenvalue weighted by Gasteiger charge is -2.29. The van der Waals surface area contributed by atoms with E-state index in [1.807, 2.05) is 12.1 Å². The molecule has 2 aliphatic rings. The topological polar surface area (TPSA) is 23.5 Å². The van der Waals surface area contributed by atoms with Crippen molar-refractivity contribution in [2.75, 3.05) is 13.1 Å². The van der Waals surface area contributed by atoms with Gasteiger partial charge in [-0.25, -0.2) is 0 Å². The van der Waals surface area contributed by atoms with Gasteiger partial charge in [-0.1, -0.05) is 36.4 Å². The number of nitrogens with zero attached hydrogens (tertiary/aromatic N) is 1. The predicted octanol–water partition coefficient (Wildman–Crippen LogP) is 4.84. The number of phenols is 1. The summed E-state index contributed by atoms with van der Waals surface area (Å²) in [6.07, 6.45) is 4.88. The molecule has 2 bridgehead atoms. The lowest BCUT2D eigenvalue weighted by Crippen LogP contribution is -2.30. The van der Waals surface area contributed by atoms with Crippen molar-refractivity contribution in [3.05, 3.63) is 65.2 Å². The molecule has 1 N–H and O–H groups in total. The minimum atomic E-state index is 0. The fraction of sp³-hybridized carbons (Fsp3) is 0.400. The highest BCUT2D eigenvalue weighted by atomic mass is 79.9. The molecule has 0 saturated carbocycles. The van der Waals surface area contributed by atoms with Crippen molar-refractivity contribution in [3.8, 4) is 5.75 Å². The molecule has 2 atom stereocenters. The summed E-state index contributed by atoms with van der Waals surface area (Å²) in [7, 11) is 0. The van der Waals surface area contributed by atoms with Crippen LogP contribution in [0.3, 0.4) is 0 Å². The van der Waals surface area contributed by atoms with E-state index in [9.17, 15) is 5.11 Å². The van der Waals surface area contributed by atoms with Crippen LogP contribution in [0.5, 0.6) is 5.75 Å². The Bertz CT molecular complexity index is 658. The van der Waals surface area contributed by atoms with Crippen LogP contribution in [-0.2, 0) is 6.42 Å². The van der Waals surface area contributed by atoms with Gasteiger partial charge < -0.3 is 5.11 Å². The number of halogens is 1. The maximum absolute atomic E-state index is 9.79. The van der Waals surface area contributed by atoms with Crippen LogP contribution in [0.15, 0.2) is 48.5 Å². The molecular weight excluding hydrogens is 350 g/mol. The third kappa shape index (κ3) is 3.31. The van der Waals surface area contributed by atoms with E-state index in [2.05, 4.69) is 41.3 Å². The molecule has 0 radical (unpaired) electrons. The third-order valence-corrected chi connectivity index (χ3v) is 5.35. The molecule has 0 amide bonds. The van der Waals surface area contributed by atoms with Gasteiger partial charge in [0.25, 0.3) is 0 Å². The maximum atomic E-state index is 9.79. The molecule has 1 heterocycles. The number of aromatic hydroxyl groups is 1. The molecule has 23 heavy (non-hydrogen) atoms. The monoisotopic (exact) mass is 373 g/mol. The maximum Gasteiger partial charge on any atom is 0.115 e. The molecule has 3 heteroatoms. The van der Waals surface area contributed by atoms with E-state index in [0.717, 1.165) is 13.0 Å². The summed E-state index contributed by atoms with van der Waals surface area (Å²) in [5.41, 5.74) is 4.28. The zero-order chi connectivity index (χ0) is 14.9. The van der Waals surface area contributed by atoms with Crippen LogP contribution in [0.25, 0.3) is 0 Å². The van der Waals surface area contributed by atoms with E-state index in [4.69, 9.17) is 0 Å². The summed E-state index contributed by atoms with van der Waals surface area (Å²) >= 11 is 0. The van der Waals surface area contributed by atoms with Gasteiger partial charge in [-0.15, -0.1) is 17.0 Å². The normalized spacial score (nSPS) is 23.0. The average Bonchev–Trinajstić information content (AvgIpc) is 2.75. The summed E-state index contributed by atoms with van der Waals surface area (Å²) in [6.45, 7) is 2.33. The summed E-state index contributed by atoms with van der Waals surface area (Å²) in [4.78, 5) is 2.66. The highest BCUT2D eigenvalue weighted by Gasteiger charge is 2.36. The molecule has 1 fully saturated rings. The van der Waals surface area contributed by atoms with Gasteiger partial charge in [0.05, 0.1) is 0 Å². The van der Waals surface area contributed by atoms with E-state index in [-0.39, 0.29) is 17.0 Å². The number of hydrogen-bond acceptors (Lipinski definition) is 2. The Balaban J connectivity index is 0.00000156. The van der Waals surface area contributed by atoms with Gasteiger partial charge in [0.15, 0.2) is 0 Å². The molecule has 1 aliphatic heterocycles. The Morgan fingerprint density at radius 2 is 1.87 bits per heavy atom. The Morgan fingerprint density at radius 1 is 1.04 bits per heavy atom.